The standard InChI is InChI=1S/C19H15NO/c21-18-12-6-11-17-19(18)15-9-4-5-10-16(15)20(17)13-14-7-2-1-3-8-14/h1-11H,12-13H2. The van der Waals surface area contributed by atoms with Crippen molar-refractivity contribution in [2.45, 2.75) is 13.0 Å². The number of benzene rings is 2. The second-order valence-corrected chi connectivity index (χ2v) is 5.38. The van der Waals surface area contributed by atoms with Gasteiger partial charge in [-0.15, -0.1) is 0 Å². The molecule has 0 aliphatic heterocycles. The van der Waals surface area contributed by atoms with Crippen LogP contribution in [0.5, 0.6) is 0 Å². The van der Waals surface area contributed by atoms with Crippen molar-refractivity contribution in [1.29, 1.82) is 0 Å². The molecule has 102 valence electrons. The highest BCUT2D eigenvalue weighted by molar-refractivity contribution is 6.13. The average molecular weight is 273 g/mol. The first-order valence-electron chi connectivity index (χ1n) is 7.19. The van der Waals surface area contributed by atoms with Gasteiger partial charge in [0.15, 0.2) is 5.78 Å². The molecule has 0 radical (unpaired) electrons. The highest BCUT2D eigenvalue weighted by Crippen LogP contribution is 2.31. The van der Waals surface area contributed by atoms with Crippen LogP contribution in [0.15, 0.2) is 60.7 Å². The van der Waals surface area contributed by atoms with E-state index in [2.05, 4.69) is 41.0 Å². The summed E-state index contributed by atoms with van der Waals surface area (Å²) in [6.45, 7) is 0.786. The molecule has 2 aromatic carbocycles. The third kappa shape index (κ3) is 1.91. The van der Waals surface area contributed by atoms with E-state index >= 15 is 0 Å². The lowest BCUT2D eigenvalue weighted by Crippen LogP contribution is -2.07. The van der Waals surface area contributed by atoms with Crippen LogP contribution in [0.1, 0.15) is 28.0 Å². The Morgan fingerprint density at radius 2 is 1.71 bits per heavy atom. The van der Waals surface area contributed by atoms with Crippen molar-refractivity contribution >= 4 is 22.8 Å². The molecule has 0 fully saturated rings. The minimum absolute atomic E-state index is 0.218. The van der Waals surface area contributed by atoms with Crippen molar-refractivity contribution in [3.8, 4) is 0 Å². The van der Waals surface area contributed by atoms with Crippen molar-refractivity contribution < 1.29 is 4.79 Å². The van der Waals surface area contributed by atoms with Gasteiger partial charge in [-0.3, -0.25) is 4.79 Å². The minimum Gasteiger partial charge on any atom is -0.336 e. The van der Waals surface area contributed by atoms with E-state index in [1.165, 1.54) is 5.56 Å². The van der Waals surface area contributed by atoms with Crippen LogP contribution in [0.3, 0.4) is 0 Å². The fraction of sp³-hybridized carbons (Fsp3) is 0.105. The summed E-state index contributed by atoms with van der Waals surface area (Å²) in [6.07, 6.45) is 4.55. The first kappa shape index (κ1) is 12.2. The molecule has 0 amide bonds. The zero-order chi connectivity index (χ0) is 14.2. The molecule has 3 aromatic rings. The number of aromatic nitrogens is 1. The Morgan fingerprint density at radius 1 is 0.952 bits per heavy atom. The van der Waals surface area contributed by atoms with Gasteiger partial charge in [-0.05, 0) is 17.7 Å². The molecule has 1 aromatic heterocycles. The molecular weight excluding hydrogens is 258 g/mol. The molecule has 2 heteroatoms. The third-order valence-electron chi connectivity index (χ3n) is 4.05. The van der Waals surface area contributed by atoms with E-state index in [0.29, 0.717) is 6.42 Å². The molecule has 0 atom stereocenters. The summed E-state index contributed by atoms with van der Waals surface area (Å²) in [6, 6.07) is 18.5. The van der Waals surface area contributed by atoms with Crippen LogP contribution in [0.2, 0.25) is 0 Å². The maximum atomic E-state index is 12.3. The van der Waals surface area contributed by atoms with Crippen LogP contribution >= 0.6 is 0 Å². The molecule has 21 heavy (non-hydrogen) atoms. The van der Waals surface area contributed by atoms with Gasteiger partial charge in [0.2, 0.25) is 0 Å². The molecule has 4 rings (SSSR count). The van der Waals surface area contributed by atoms with Gasteiger partial charge >= 0.3 is 0 Å². The molecule has 0 bridgehead atoms. The van der Waals surface area contributed by atoms with Crippen LogP contribution in [-0.2, 0) is 6.54 Å². The summed E-state index contributed by atoms with van der Waals surface area (Å²) < 4.78 is 2.24. The van der Waals surface area contributed by atoms with E-state index in [1.807, 2.05) is 30.3 Å². The molecule has 1 aliphatic rings. The van der Waals surface area contributed by atoms with E-state index in [1.54, 1.807) is 0 Å². The van der Waals surface area contributed by atoms with Crippen molar-refractivity contribution in [3.63, 3.8) is 0 Å². The monoisotopic (exact) mass is 273 g/mol. The second-order valence-electron chi connectivity index (χ2n) is 5.38. The quantitative estimate of drug-likeness (QED) is 0.682. The van der Waals surface area contributed by atoms with Crippen LogP contribution in [0, 0.1) is 0 Å². The maximum Gasteiger partial charge on any atom is 0.169 e. The molecule has 0 N–H and O–H groups in total. The van der Waals surface area contributed by atoms with Gasteiger partial charge in [0.25, 0.3) is 0 Å². The first-order valence-corrected chi connectivity index (χ1v) is 7.19. The summed E-state index contributed by atoms with van der Waals surface area (Å²) in [5, 5.41) is 1.07. The van der Waals surface area contributed by atoms with E-state index in [0.717, 1.165) is 28.7 Å². The zero-order valence-corrected chi connectivity index (χ0v) is 11.6. The second kappa shape index (κ2) is 4.74. The molecule has 2 nitrogen and oxygen atoms in total. The molecule has 0 spiro atoms. The highest BCUT2D eigenvalue weighted by Gasteiger charge is 2.22. The van der Waals surface area contributed by atoms with E-state index in [4.69, 9.17) is 0 Å². The zero-order valence-electron chi connectivity index (χ0n) is 11.6. The fourth-order valence-electron chi connectivity index (χ4n) is 3.11. The number of hydrogen-bond acceptors (Lipinski definition) is 1. The van der Waals surface area contributed by atoms with Crippen molar-refractivity contribution in [2.24, 2.45) is 0 Å². The fourth-order valence-corrected chi connectivity index (χ4v) is 3.11. The molecule has 1 heterocycles. The number of carbonyl (C=O) groups is 1. The van der Waals surface area contributed by atoms with Crippen LogP contribution in [0.4, 0.5) is 0 Å². The largest absolute Gasteiger partial charge is 0.336 e. The van der Waals surface area contributed by atoms with Crippen LogP contribution in [0.25, 0.3) is 17.0 Å². The Balaban J connectivity index is 1.97. The number of ketones is 1. The Labute approximate surface area is 123 Å². The summed E-state index contributed by atoms with van der Waals surface area (Å²) in [5.74, 6) is 0.218. The van der Waals surface area contributed by atoms with Gasteiger partial charge in [0.05, 0.1) is 11.3 Å². The number of allylic oxidation sites excluding steroid dienone is 1. The first-order chi connectivity index (χ1) is 10.3. The van der Waals surface area contributed by atoms with E-state index in [-0.39, 0.29) is 5.78 Å². The van der Waals surface area contributed by atoms with Gasteiger partial charge < -0.3 is 4.57 Å². The third-order valence-corrected chi connectivity index (χ3v) is 4.05. The molecule has 0 unspecified atom stereocenters. The SMILES string of the molecule is O=C1CC=Cc2c1c1ccccc1n2Cc1ccccc1. The smallest absolute Gasteiger partial charge is 0.169 e. The summed E-state index contributed by atoms with van der Waals surface area (Å²) >= 11 is 0. The molecular formula is C19H15NO. The normalized spacial score (nSPS) is 13.6. The van der Waals surface area contributed by atoms with Crippen molar-refractivity contribution in [3.05, 3.63) is 77.5 Å². The molecule has 0 saturated carbocycles. The predicted molar refractivity (Wildman–Crippen MR) is 85.5 cm³/mol. The van der Waals surface area contributed by atoms with E-state index < -0.39 is 0 Å². The number of Topliss-reactive ketones (excluding diaryl/α,β-unsaturated/α-hetero) is 1. The minimum atomic E-state index is 0.218. The predicted octanol–water partition coefficient (Wildman–Crippen LogP) is 4.29. The van der Waals surface area contributed by atoms with Gasteiger partial charge in [-0.2, -0.15) is 0 Å². The molecule has 1 aliphatic carbocycles. The molecule has 0 saturated heterocycles. The summed E-state index contributed by atoms with van der Waals surface area (Å²) in [5.41, 5.74) is 4.29. The number of rotatable bonds is 2. The highest BCUT2D eigenvalue weighted by atomic mass is 16.1. The Morgan fingerprint density at radius 3 is 2.57 bits per heavy atom. The number of fused-ring (bicyclic) bond motifs is 3. The lowest BCUT2D eigenvalue weighted by molar-refractivity contribution is 0.0996. The van der Waals surface area contributed by atoms with Gasteiger partial charge in [-0.1, -0.05) is 54.6 Å². The lowest BCUT2D eigenvalue weighted by Gasteiger charge is -2.11. The van der Waals surface area contributed by atoms with Gasteiger partial charge in [0.1, 0.15) is 0 Å². The Hall–Kier alpha value is -2.61. The van der Waals surface area contributed by atoms with Crippen LogP contribution in [-0.4, -0.2) is 10.4 Å². The lowest BCUT2D eigenvalue weighted by atomic mass is 9.99. The van der Waals surface area contributed by atoms with Crippen molar-refractivity contribution in [2.75, 3.05) is 0 Å². The number of para-hydroxylation sites is 1. The number of hydrogen-bond donors (Lipinski definition) is 0. The number of nitrogens with zero attached hydrogens (tertiary/aromatic N) is 1. The van der Waals surface area contributed by atoms with Gasteiger partial charge in [0, 0.05) is 23.9 Å². The average Bonchev–Trinajstić information content (AvgIpc) is 2.84. The Kier molecular flexibility index (Phi) is 2.74. The Bertz CT molecular complexity index is 856. The van der Waals surface area contributed by atoms with E-state index in [9.17, 15) is 4.79 Å². The maximum absolute atomic E-state index is 12.3. The van der Waals surface area contributed by atoms with Crippen molar-refractivity contribution in [1.82, 2.24) is 4.57 Å². The summed E-state index contributed by atoms with van der Waals surface area (Å²) in [7, 11) is 0. The van der Waals surface area contributed by atoms with Crippen LogP contribution < -0.4 is 0 Å². The van der Waals surface area contributed by atoms with Gasteiger partial charge in [-0.25, -0.2) is 0 Å². The number of carbonyl (C=O) groups excluding carboxylic acids is 1. The topological polar surface area (TPSA) is 22.0 Å². The summed E-state index contributed by atoms with van der Waals surface area (Å²) in [4.78, 5) is 12.3.